The molecule has 4 heteroatoms. The number of nitrogens with one attached hydrogen (secondary N) is 1. The van der Waals surface area contributed by atoms with Gasteiger partial charge in [-0.2, -0.15) is 17.0 Å². The molecule has 2 unspecified atom stereocenters. The van der Waals surface area contributed by atoms with Crippen molar-refractivity contribution in [1.29, 1.82) is 5.26 Å². The number of aliphatic hydroxyl groups excluding tert-OH is 1. The molecule has 0 saturated heterocycles. The first kappa shape index (κ1) is 15.0. The first-order valence-corrected chi connectivity index (χ1v) is 7.47. The Labute approximate surface area is 113 Å². The van der Waals surface area contributed by atoms with Crippen LogP contribution < -0.4 is 5.32 Å². The van der Waals surface area contributed by atoms with E-state index >= 15 is 0 Å². The van der Waals surface area contributed by atoms with Gasteiger partial charge >= 0.3 is 0 Å². The molecule has 0 bridgehead atoms. The molecule has 0 aliphatic carbocycles. The molecule has 0 aliphatic heterocycles. The number of nitrogens with zero attached hydrogens (tertiary/aromatic N) is 1. The lowest BCUT2D eigenvalue weighted by Crippen LogP contribution is -2.30. The van der Waals surface area contributed by atoms with Gasteiger partial charge in [-0.25, -0.2) is 0 Å². The van der Waals surface area contributed by atoms with E-state index < -0.39 is 6.10 Å². The van der Waals surface area contributed by atoms with Crippen LogP contribution in [0.25, 0.3) is 0 Å². The van der Waals surface area contributed by atoms with Crippen molar-refractivity contribution in [1.82, 2.24) is 5.32 Å². The van der Waals surface area contributed by atoms with E-state index in [1.165, 1.54) is 0 Å². The SMILES string of the molecule is CSCCC(C)NCC(O)c1ccc(C#N)cc1. The number of nitriles is 1. The van der Waals surface area contributed by atoms with Crippen molar-refractivity contribution in [3.8, 4) is 6.07 Å². The van der Waals surface area contributed by atoms with Crippen LogP contribution in [0, 0.1) is 11.3 Å². The molecule has 0 spiro atoms. The van der Waals surface area contributed by atoms with Crippen LogP contribution in [0.1, 0.15) is 30.6 Å². The second-order valence-corrected chi connectivity index (χ2v) is 5.33. The van der Waals surface area contributed by atoms with Gasteiger partial charge in [0.15, 0.2) is 0 Å². The maximum absolute atomic E-state index is 10.0. The Balaban J connectivity index is 2.40. The number of thioether (sulfide) groups is 1. The molecule has 0 aromatic heterocycles. The molecular formula is C14H20N2OS. The minimum atomic E-state index is -0.519. The van der Waals surface area contributed by atoms with Gasteiger partial charge in [-0.1, -0.05) is 12.1 Å². The number of benzene rings is 1. The van der Waals surface area contributed by atoms with Crippen molar-refractivity contribution in [2.45, 2.75) is 25.5 Å². The third-order valence-electron chi connectivity index (χ3n) is 2.84. The summed E-state index contributed by atoms with van der Waals surface area (Å²) >= 11 is 1.83. The Bertz CT molecular complexity index is 386. The Morgan fingerprint density at radius 1 is 1.39 bits per heavy atom. The highest BCUT2D eigenvalue weighted by Crippen LogP contribution is 2.13. The Kier molecular flexibility index (Phi) is 6.81. The number of hydrogen-bond donors (Lipinski definition) is 2. The highest BCUT2D eigenvalue weighted by Gasteiger charge is 2.09. The van der Waals surface area contributed by atoms with Crippen LogP contribution in [0.2, 0.25) is 0 Å². The fraction of sp³-hybridized carbons (Fsp3) is 0.500. The molecule has 2 N–H and O–H groups in total. The average Bonchev–Trinajstić information content (AvgIpc) is 2.42. The molecule has 1 aromatic carbocycles. The molecule has 0 saturated carbocycles. The van der Waals surface area contributed by atoms with Crippen LogP contribution in [-0.2, 0) is 0 Å². The van der Waals surface area contributed by atoms with Crippen LogP contribution in [0.3, 0.4) is 0 Å². The maximum atomic E-state index is 10.0. The minimum Gasteiger partial charge on any atom is -0.387 e. The quantitative estimate of drug-likeness (QED) is 0.793. The lowest BCUT2D eigenvalue weighted by Gasteiger charge is -2.17. The number of hydrogen-bond acceptors (Lipinski definition) is 4. The summed E-state index contributed by atoms with van der Waals surface area (Å²) in [7, 11) is 0. The monoisotopic (exact) mass is 264 g/mol. The van der Waals surface area contributed by atoms with Crippen molar-refractivity contribution < 1.29 is 5.11 Å². The molecule has 0 fully saturated rings. The van der Waals surface area contributed by atoms with Gasteiger partial charge in [-0.3, -0.25) is 0 Å². The molecule has 0 radical (unpaired) electrons. The summed E-state index contributed by atoms with van der Waals surface area (Å²) in [5, 5.41) is 22.0. The fourth-order valence-electron chi connectivity index (χ4n) is 1.61. The molecule has 0 aliphatic rings. The van der Waals surface area contributed by atoms with Gasteiger partial charge in [0.25, 0.3) is 0 Å². The number of rotatable bonds is 7. The second-order valence-electron chi connectivity index (χ2n) is 4.34. The highest BCUT2D eigenvalue weighted by molar-refractivity contribution is 7.98. The van der Waals surface area contributed by atoms with E-state index in [0.717, 1.165) is 17.7 Å². The van der Waals surface area contributed by atoms with Crippen molar-refractivity contribution in [2.24, 2.45) is 0 Å². The smallest absolute Gasteiger partial charge is 0.0991 e. The first-order valence-electron chi connectivity index (χ1n) is 6.07. The average molecular weight is 264 g/mol. The van der Waals surface area contributed by atoms with Crippen molar-refractivity contribution in [3.63, 3.8) is 0 Å². The normalized spacial score (nSPS) is 13.9. The summed E-state index contributed by atoms with van der Waals surface area (Å²) in [5.74, 6) is 1.13. The van der Waals surface area contributed by atoms with Crippen LogP contribution in [0.15, 0.2) is 24.3 Å². The van der Waals surface area contributed by atoms with E-state index in [-0.39, 0.29) is 0 Å². The van der Waals surface area contributed by atoms with Gasteiger partial charge in [0.2, 0.25) is 0 Å². The standard InChI is InChI=1S/C14H20N2OS/c1-11(7-8-18-2)16-10-14(17)13-5-3-12(9-15)4-6-13/h3-6,11,14,16-17H,7-8,10H2,1-2H3. The van der Waals surface area contributed by atoms with E-state index in [1.807, 2.05) is 11.8 Å². The predicted octanol–water partition coefficient (Wildman–Crippen LogP) is 2.32. The zero-order chi connectivity index (χ0) is 13.4. The predicted molar refractivity (Wildman–Crippen MR) is 76.6 cm³/mol. The van der Waals surface area contributed by atoms with E-state index in [0.29, 0.717) is 18.2 Å². The third-order valence-corrected chi connectivity index (χ3v) is 3.48. The van der Waals surface area contributed by atoms with Crippen molar-refractivity contribution >= 4 is 11.8 Å². The summed E-state index contributed by atoms with van der Waals surface area (Å²) in [6, 6.07) is 9.54. The molecule has 18 heavy (non-hydrogen) atoms. The summed E-state index contributed by atoms with van der Waals surface area (Å²) in [6.45, 7) is 2.67. The van der Waals surface area contributed by atoms with E-state index in [1.54, 1.807) is 24.3 Å². The molecule has 3 nitrogen and oxygen atoms in total. The topological polar surface area (TPSA) is 56.0 Å². The summed E-state index contributed by atoms with van der Waals surface area (Å²) in [6.07, 6.45) is 2.68. The molecule has 0 amide bonds. The molecule has 2 atom stereocenters. The van der Waals surface area contributed by atoms with Crippen molar-refractivity contribution in [3.05, 3.63) is 35.4 Å². The Morgan fingerprint density at radius 2 is 2.06 bits per heavy atom. The Morgan fingerprint density at radius 3 is 2.61 bits per heavy atom. The van der Waals surface area contributed by atoms with Crippen LogP contribution in [0.4, 0.5) is 0 Å². The molecule has 0 heterocycles. The number of aliphatic hydroxyl groups is 1. The third kappa shape index (κ3) is 5.09. The second kappa shape index (κ2) is 8.15. The van der Waals surface area contributed by atoms with Gasteiger partial charge in [0.05, 0.1) is 17.7 Å². The summed E-state index contributed by atoms with van der Waals surface area (Å²) in [5.41, 5.74) is 1.46. The van der Waals surface area contributed by atoms with Gasteiger partial charge in [0, 0.05) is 12.6 Å². The first-order chi connectivity index (χ1) is 8.67. The summed E-state index contributed by atoms with van der Waals surface area (Å²) < 4.78 is 0. The molecule has 1 aromatic rings. The van der Waals surface area contributed by atoms with E-state index in [4.69, 9.17) is 5.26 Å². The summed E-state index contributed by atoms with van der Waals surface area (Å²) in [4.78, 5) is 0. The Hall–Kier alpha value is -1.02. The van der Waals surface area contributed by atoms with Crippen LogP contribution >= 0.6 is 11.8 Å². The fourth-order valence-corrected chi connectivity index (χ4v) is 2.20. The molecule has 1 rings (SSSR count). The van der Waals surface area contributed by atoms with E-state index in [9.17, 15) is 5.11 Å². The van der Waals surface area contributed by atoms with Gasteiger partial charge in [0.1, 0.15) is 0 Å². The zero-order valence-electron chi connectivity index (χ0n) is 10.9. The van der Waals surface area contributed by atoms with Crippen LogP contribution in [-0.4, -0.2) is 29.7 Å². The van der Waals surface area contributed by atoms with Crippen LogP contribution in [0.5, 0.6) is 0 Å². The lowest BCUT2D eigenvalue weighted by atomic mass is 10.1. The highest BCUT2D eigenvalue weighted by atomic mass is 32.2. The van der Waals surface area contributed by atoms with Gasteiger partial charge < -0.3 is 10.4 Å². The largest absolute Gasteiger partial charge is 0.387 e. The molecular weight excluding hydrogens is 244 g/mol. The van der Waals surface area contributed by atoms with Crippen molar-refractivity contribution in [2.75, 3.05) is 18.6 Å². The van der Waals surface area contributed by atoms with Gasteiger partial charge in [-0.05, 0) is 43.0 Å². The lowest BCUT2D eigenvalue weighted by molar-refractivity contribution is 0.170. The van der Waals surface area contributed by atoms with E-state index in [2.05, 4.69) is 24.6 Å². The molecule has 98 valence electrons. The maximum Gasteiger partial charge on any atom is 0.0991 e. The van der Waals surface area contributed by atoms with Gasteiger partial charge in [-0.15, -0.1) is 0 Å². The minimum absolute atomic E-state index is 0.408. The zero-order valence-corrected chi connectivity index (χ0v) is 11.7.